The minimum atomic E-state index is 0.403. The van der Waals surface area contributed by atoms with Crippen molar-refractivity contribution in [1.82, 2.24) is 4.57 Å². The molecule has 1 aromatic heterocycles. The van der Waals surface area contributed by atoms with Crippen molar-refractivity contribution < 1.29 is 4.74 Å². The maximum Gasteiger partial charge on any atom is 0.128 e. The Morgan fingerprint density at radius 1 is 1.05 bits per heavy atom. The van der Waals surface area contributed by atoms with Gasteiger partial charge in [-0.1, -0.05) is 41.9 Å². The molecule has 1 radical (unpaired) electrons. The second kappa shape index (κ2) is 5.59. The molecule has 0 aliphatic heterocycles. The maximum absolute atomic E-state index is 6.35. The summed E-state index contributed by atoms with van der Waals surface area (Å²) < 4.78 is 7.70. The van der Waals surface area contributed by atoms with E-state index in [1.54, 1.807) is 0 Å². The maximum atomic E-state index is 6.35. The van der Waals surface area contributed by atoms with Crippen molar-refractivity contribution in [3.63, 3.8) is 0 Å². The highest BCUT2D eigenvalue weighted by Gasteiger charge is 2.10. The second-order valence-corrected chi connectivity index (χ2v) is 4.99. The summed E-state index contributed by atoms with van der Waals surface area (Å²) in [6, 6.07) is 16.1. The summed E-state index contributed by atoms with van der Waals surface area (Å²) in [7, 11) is 0. The van der Waals surface area contributed by atoms with Crippen molar-refractivity contribution >= 4 is 22.5 Å². The van der Waals surface area contributed by atoms with Crippen LogP contribution in [0.25, 0.3) is 10.9 Å². The minimum absolute atomic E-state index is 0.403. The third kappa shape index (κ3) is 2.39. The van der Waals surface area contributed by atoms with Crippen LogP contribution in [0.15, 0.2) is 54.7 Å². The van der Waals surface area contributed by atoms with Crippen LogP contribution in [-0.4, -0.2) is 11.2 Å². The van der Waals surface area contributed by atoms with Crippen molar-refractivity contribution in [2.45, 2.75) is 6.54 Å². The Bertz CT molecular complexity index is 718. The van der Waals surface area contributed by atoms with E-state index in [4.69, 9.17) is 16.3 Å². The first-order valence-corrected chi connectivity index (χ1v) is 6.90. The number of rotatable bonds is 4. The zero-order chi connectivity index (χ0) is 13.9. The lowest BCUT2D eigenvalue weighted by molar-refractivity contribution is 0.365. The molecule has 101 valence electrons. The van der Waals surface area contributed by atoms with Crippen LogP contribution in [0.2, 0.25) is 5.02 Å². The molecule has 3 heteroatoms. The van der Waals surface area contributed by atoms with Crippen molar-refractivity contribution in [3.8, 4) is 5.75 Å². The molecule has 0 N–H and O–H groups in total. The third-order valence-electron chi connectivity index (χ3n) is 3.29. The van der Waals surface area contributed by atoms with Gasteiger partial charge in [-0.2, -0.15) is 0 Å². The summed E-state index contributed by atoms with van der Waals surface area (Å²) in [5, 5.41) is 1.76. The lowest BCUT2D eigenvalue weighted by Crippen LogP contribution is -1.98. The molecule has 0 aliphatic rings. The molecule has 1 heterocycles. The molecule has 0 amide bonds. The molecule has 0 saturated heterocycles. The van der Waals surface area contributed by atoms with E-state index in [0.717, 1.165) is 28.2 Å². The quantitative estimate of drug-likeness (QED) is 0.685. The number of ether oxygens (including phenoxy) is 1. The molecule has 0 saturated carbocycles. The number of hydrogen-bond donors (Lipinski definition) is 0. The fourth-order valence-corrected chi connectivity index (χ4v) is 2.68. The van der Waals surface area contributed by atoms with E-state index >= 15 is 0 Å². The molecule has 20 heavy (non-hydrogen) atoms. The van der Waals surface area contributed by atoms with Crippen LogP contribution in [0, 0.1) is 6.92 Å². The van der Waals surface area contributed by atoms with Crippen LogP contribution in [0.4, 0.5) is 0 Å². The SMILES string of the molecule is [CH2]COc1ccc(Cl)c2c1ccn2Cc1ccccc1. The molecule has 2 nitrogen and oxygen atoms in total. The molecule has 0 atom stereocenters. The molecule has 0 fully saturated rings. The van der Waals surface area contributed by atoms with Gasteiger partial charge in [-0.05, 0) is 30.7 Å². The predicted molar refractivity (Wildman–Crippen MR) is 83.3 cm³/mol. The van der Waals surface area contributed by atoms with Gasteiger partial charge in [0.05, 0.1) is 17.1 Å². The van der Waals surface area contributed by atoms with Crippen molar-refractivity contribution in [3.05, 3.63) is 72.2 Å². The van der Waals surface area contributed by atoms with Crippen LogP contribution in [0.3, 0.4) is 0 Å². The zero-order valence-electron chi connectivity index (χ0n) is 11.1. The fourth-order valence-electron chi connectivity index (χ4n) is 2.40. The Labute approximate surface area is 123 Å². The first kappa shape index (κ1) is 13.1. The normalized spacial score (nSPS) is 10.9. The lowest BCUT2D eigenvalue weighted by atomic mass is 10.2. The average Bonchev–Trinajstić information content (AvgIpc) is 2.88. The topological polar surface area (TPSA) is 14.2 Å². The average molecular weight is 285 g/mol. The number of nitrogens with zero attached hydrogens (tertiary/aromatic N) is 1. The fraction of sp³-hybridized carbons (Fsp3) is 0.118. The van der Waals surface area contributed by atoms with Crippen molar-refractivity contribution in [2.24, 2.45) is 0 Å². The van der Waals surface area contributed by atoms with Crippen LogP contribution < -0.4 is 4.74 Å². The first-order valence-electron chi connectivity index (χ1n) is 6.53. The van der Waals surface area contributed by atoms with E-state index in [2.05, 4.69) is 23.6 Å². The van der Waals surface area contributed by atoms with E-state index in [-0.39, 0.29) is 0 Å². The van der Waals surface area contributed by atoms with Gasteiger partial charge in [0.1, 0.15) is 5.75 Å². The highest BCUT2D eigenvalue weighted by Crippen LogP contribution is 2.32. The van der Waals surface area contributed by atoms with Crippen molar-refractivity contribution in [2.75, 3.05) is 6.61 Å². The Morgan fingerprint density at radius 3 is 2.60 bits per heavy atom. The Hall–Kier alpha value is -1.93. The molecule has 3 aromatic rings. The highest BCUT2D eigenvalue weighted by molar-refractivity contribution is 6.35. The van der Waals surface area contributed by atoms with E-state index in [1.165, 1.54) is 5.56 Å². The van der Waals surface area contributed by atoms with Gasteiger partial charge in [0.25, 0.3) is 0 Å². The minimum Gasteiger partial charge on any atom is -0.493 e. The van der Waals surface area contributed by atoms with E-state index in [9.17, 15) is 0 Å². The first-order chi connectivity index (χ1) is 9.79. The Morgan fingerprint density at radius 2 is 1.85 bits per heavy atom. The molecular formula is C17H15ClNO. The van der Waals surface area contributed by atoms with Gasteiger partial charge in [-0.25, -0.2) is 0 Å². The molecule has 0 spiro atoms. The summed E-state index contributed by atoms with van der Waals surface area (Å²) in [5.41, 5.74) is 2.24. The highest BCUT2D eigenvalue weighted by atomic mass is 35.5. The number of halogens is 1. The van der Waals surface area contributed by atoms with Gasteiger partial charge >= 0.3 is 0 Å². The monoisotopic (exact) mass is 284 g/mol. The van der Waals surface area contributed by atoms with Gasteiger partial charge in [0.15, 0.2) is 0 Å². The van der Waals surface area contributed by atoms with Crippen LogP contribution in [-0.2, 0) is 6.54 Å². The predicted octanol–water partition coefficient (Wildman–Crippen LogP) is 4.56. The second-order valence-electron chi connectivity index (χ2n) is 4.59. The summed E-state index contributed by atoms with van der Waals surface area (Å²) in [5.74, 6) is 0.825. The number of fused-ring (bicyclic) bond motifs is 1. The van der Waals surface area contributed by atoms with Gasteiger partial charge in [0, 0.05) is 18.1 Å². The van der Waals surface area contributed by atoms with E-state index < -0.39 is 0 Å². The van der Waals surface area contributed by atoms with Gasteiger partial charge in [-0.3, -0.25) is 0 Å². The Kier molecular flexibility index (Phi) is 3.66. The van der Waals surface area contributed by atoms with E-state index in [1.807, 2.05) is 42.6 Å². The molecule has 3 rings (SSSR count). The molecular weight excluding hydrogens is 270 g/mol. The molecule has 0 unspecified atom stereocenters. The van der Waals surface area contributed by atoms with Crippen molar-refractivity contribution in [1.29, 1.82) is 0 Å². The summed E-state index contributed by atoms with van der Waals surface area (Å²) in [4.78, 5) is 0. The molecule has 0 aliphatic carbocycles. The Balaban J connectivity index is 2.06. The summed E-state index contributed by atoms with van der Waals surface area (Å²) in [6.45, 7) is 4.92. The number of hydrogen-bond acceptors (Lipinski definition) is 1. The summed E-state index contributed by atoms with van der Waals surface area (Å²) >= 11 is 6.35. The van der Waals surface area contributed by atoms with Gasteiger partial charge in [-0.15, -0.1) is 0 Å². The number of benzene rings is 2. The zero-order valence-corrected chi connectivity index (χ0v) is 11.8. The standard InChI is InChI=1S/C17H15ClNO/c1-2-20-16-9-8-15(18)17-14(16)10-11-19(17)12-13-6-4-3-5-7-13/h3-11H,1-2,12H2. The number of aromatic nitrogens is 1. The summed E-state index contributed by atoms with van der Waals surface area (Å²) in [6.07, 6.45) is 2.04. The largest absolute Gasteiger partial charge is 0.493 e. The lowest BCUT2D eigenvalue weighted by Gasteiger charge is -2.09. The van der Waals surface area contributed by atoms with E-state index in [0.29, 0.717) is 6.61 Å². The van der Waals surface area contributed by atoms with Crippen LogP contribution >= 0.6 is 11.6 Å². The van der Waals surface area contributed by atoms with Gasteiger partial charge < -0.3 is 9.30 Å². The van der Waals surface area contributed by atoms with Gasteiger partial charge in [0.2, 0.25) is 0 Å². The molecule has 0 bridgehead atoms. The molecule has 2 aromatic carbocycles. The third-order valence-corrected chi connectivity index (χ3v) is 3.59. The van der Waals surface area contributed by atoms with Crippen LogP contribution in [0.5, 0.6) is 5.75 Å². The van der Waals surface area contributed by atoms with Crippen LogP contribution in [0.1, 0.15) is 5.56 Å². The smallest absolute Gasteiger partial charge is 0.128 e.